The van der Waals surface area contributed by atoms with Crippen molar-refractivity contribution in [1.29, 1.82) is 0 Å². The maximum atomic E-state index is 12.5. The van der Waals surface area contributed by atoms with Crippen LogP contribution in [0.15, 0.2) is 52.9 Å². The molecule has 0 aliphatic rings. The lowest BCUT2D eigenvalue weighted by Crippen LogP contribution is -2.26. The molecule has 0 saturated heterocycles. The number of benzene rings is 2. The molecule has 0 radical (unpaired) electrons. The quantitative estimate of drug-likeness (QED) is 0.720. The van der Waals surface area contributed by atoms with Gasteiger partial charge in [-0.25, -0.2) is 0 Å². The van der Waals surface area contributed by atoms with E-state index in [1.807, 2.05) is 43.3 Å². The Kier molecular flexibility index (Phi) is 4.62. The molecule has 122 valence electrons. The van der Waals surface area contributed by atoms with Crippen LogP contribution in [-0.4, -0.2) is 28.1 Å². The van der Waals surface area contributed by atoms with Crippen LogP contribution in [-0.2, 0) is 6.54 Å². The summed E-state index contributed by atoms with van der Waals surface area (Å²) in [6.45, 7) is 2.12. The van der Waals surface area contributed by atoms with Crippen molar-refractivity contribution in [3.8, 4) is 11.5 Å². The molecule has 0 saturated carbocycles. The first-order valence-corrected chi connectivity index (χ1v) is 7.82. The average molecular weight is 342 g/mol. The minimum Gasteiger partial charge on any atom is -0.419 e. The molecule has 0 aliphatic heterocycles. The molecule has 1 amide bonds. The first-order chi connectivity index (χ1) is 11.5. The molecule has 1 aromatic heterocycles. The summed E-state index contributed by atoms with van der Waals surface area (Å²) in [5, 5.41) is 8.59. The van der Waals surface area contributed by atoms with E-state index in [2.05, 4.69) is 10.2 Å². The molecule has 1 heterocycles. The Hall–Kier alpha value is -2.66. The second-order valence-electron chi connectivity index (χ2n) is 5.49. The molecule has 0 aliphatic carbocycles. The highest BCUT2D eigenvalue weighted by Crippen LogP contribution is 2.20. The van der Waals surface area contributed by atoms with Crippen molar-refractivity contribution in [2.24, 2.45) is 0 Å². The van der Waals surface area contributed by atoms with Gasteiger partial charge in [0.2, 0.25) is 11.8 Å². The maximum absolute atomic E-state index is 12.5. The van der Waals surface area contributed by atoms with E-state index in [4.69, 9.17) is 16.0 Å². The molecular formula is C18H16ClN3O2. The van der Waals surface area contributed by atoms with Crippen LogP contribution in [0.1, 0.15) is 21.8 Å². The van der Waals surface area contributed by atoms with Gasteiger partial charge in [-0.05, 0) is 36.8 Å². The number of halogens is 1. The molecule has 0 bridgehead atoms. The highest BCUT2D eigenvalue weighted by atomic mass is 35.5. The summed E-state index contributed by atoms with van der Waals surface area (Å²) in [6, 6.07) is 14.7. The summed E-state index contributed by atoms with van der Waals surface area (Å²) < 4.78 is 5.63. The number of nitrogens with zero attached hydrogens (tertiary/aromatic N) is 3. The van der Waals surface area contributed by atoms with E-state index in [1.165, 1.54) is 4.90 Å². The Balaban J connectivity index is 1.72. The van der Waals surface area contributed by atoms with E-state index in [9.17, 15) is 4.79 Å². The number of aryl methyl sites for hydroxylation is 1. The third-order valence-corrected chi connectivity index (χ3v) is 4.03. The fourth-order valence-corrected chi connectivity index (χ4v) is 2.42. The lowest BCUT2D eigenvalue weighted by molar-refractivity contribution is 0.0773. The molecule has 3 rings (SSSR count). The van der Waals surface area contributed by atoms with Crippen LogP contribution >= 0.6 is 11.6 Å². The zero-order valence-corrected chi connectivity index (χ0v) is 14.1. The molecule has 0 unspecified atom stereocenters. The topological polar surface area (TPSA) is 59.2 Å². The molecule has 6 heteroatoms. The SMILES string of the molecule is Cc1ccc(C(=O)N(C)Cc2nnc(-c3ccccc3)o2)cc1Cl. The van der Waals surface area contributed by atoms with Crippen LogP contribution in [0.2, 0.25) is 5.02 Å². The second kappa shape index (κ2) is 6.84. The van der Waals surface area contributed by atoms with Gasteiger partial charge in [0.25, 0.3) is 5.91 Å². The van der Waals surface area contributed by atoms with E-state index >= 15 is 0 Å². The summed E-state index contributed by atoms with van der Waals surface area (Å²) in [4.78, 5) is 14.0. The minimum atomic E-state index is -0.156. The van der Waals surface area contributed by atoms with Gasteiger partial charge in [0.05, 0.1) is 6.54 Å². The van der Waals surface area contributed by atoms with Gasteiger partial charge in [-0.15, -0.1) is 10.2 Å². The normalized spacial score (nSPS) is 10.6. The number of carbonyl (C=O) groups excluding carboxylic acids is 1. The van der Waals surface area contributed by atoms with Crippen LogP contribution in [0, 0.1) is 6.92 Å². The molecule has 0 atom stereocenters. The Morgan fingerprint density at radius 3 is 2.62 bits per heavy atom. The second-order valence-corrected chi connectivity index (χ2v) is 5.90. The molecule has 0 N–H and O–H groups in total. The van der Waals surface area contributed by atoms with Crippen LogP contribution in [0.25, 0.3) is 11.5 Å². The zero-order valence-electron chi connectivity index (χ0n) is 13.4. The molecule has 0 spiro atoms. The largest absolute Gasteiger partial charge is 0.419 e. The number of hydrogen-bond acceptors (Lipinski definition) is 4. The minimum absolute atomic E-state index is 0.156. The molecule has 5 nitrogen and oxygen atoms in total. The van der Waals surface area contributed by atoms with Crippen molar-refractivity contribution < 1.29 is 9.21 Å². The number of rotatable bonds is 4. The van der Waals surface area contributed by atoms with Gasteiger partial charge in [0, 0.05) is 23.2 Å². The maximum Gasteiger partial charge on any atom is 0.254 e. The van der Waals surface area contributed by atoms with Gasteiger partial charge in [-0.1, -0.05) is 35.9 Å². The number of aromatic nitrogens is 2. The summed E-state index contributed by atoms with van der Waals surface area (Å²) >= 11 is 6.08. The van der Waals surface area contributed by atoms with Crippen LogP contribution in [0.4, 0.5) is 0 Å². The lowest BCUT2D eigenvalue weighted by Gasteiger charge is -2.15. The van der Waals surface area contributed by atoms with Crippen molar-refractivity contribution in [1.82, 2.24) is 15.1 Å². The van der Waals surface area contributed by atoms with Crippen molar-refractivity contribution in [2.75, 3.05) is 7.05 Å². The third-order valence-electron chi connectivity index (χ3n) is 3.63. The zero-order chi connectivity index (χ0) is 17.1. The Morgan fingerprint density at radius 2 is 1.92 bits per heavy atom. The fraction of sp³-hybridized carbons (Fsp3) is 0.167. The Labute approximate surface area is 144 Å². The summed E-state index contributed by atoms with van der Waals surface area (Å²) in [6.07, 6.45) is 0. The molecule has 3 aromatic rings. The van der Waals surface area contributed by atoms with E-state index < -0.39 is 0 Å². The number of amides is 1. The summed E-state index contributed by atoms with van der Waals surface area (Å²) in [7, 11) is 1.68. The molecule has 0 fully saturated rings. The highest BCUT2D eigenvalue weighted by molar-refractivity contribution is 6.31. The van der Waals surface area contributed by atoms with Gasteiger partial charge < -0.3 is 9.32 Å². The Bertz CT molecular complexity index is 862. The summed E-state index contributed by atoms with van der Waals surface area (Å²) in [5.41, 5.74) is 2.30. The molecule has 2 aromatic carbocycles. The van der Waals surface area contributed by atoms with Crippen LogP contribution in [0.5, 0.6) is 0 Å². The smallest absolute Gasteiger partial charge is 0.254 e. The molecular weight excluding hydrogens is 326 g/mol. The lowest BCUT2D eigenvalue weighted by atomic mass is 10.1. The van der Waals surface area contributed by atoms with Crippen molar-refractivity contribution in [3.63, 3.8) is 0 Å². The van der Waals surface area contributed by atoms with E-state index in [0.29, 0.717) is 22.4 Å². The summed E-state index contributed by atoms with van der Waals surface area (Å²) in [5.74, 6) is 0.657. The molecule has 24 heavy (non-hydrogen) atoms. The Morgan fingerprint density at radius 1 is 1.17 bits per heavy atom. The van der Waals surface area contributed by atoms with Gasteiger partial charge in [0.15, 0.2) is 0 Å². The number of hydrogen-bond donors (Lipinski definition) is 0. The van der Waals surface area contributed by atoms with Crippen LogP contribution in [0.3, 0.4) is 0 Å². The van der Waals surface area contributed by atoms with Crippen LogP contribution < -0.4 is 0 Å². The van der Waals surface area contributed by atoms with Crippen molar-refractivity contribution in [2.45, 2.75) is 13.5 Å². The monoisotopic (exact) mass is 341 g/mol. The van der Waals surface area contributed by atoms with E-state index in [-0.39, 0.29) is 12.5 Å². The average Bonchev–Trinajstić information content (AvgIpc) is 3.06. The number of carbonyl (C=O) groups is 1. The van der Waals surface area contributed by atoms with Crippen molar-refractivity contribution in [3.05, 3.63) is 70.6 Å². The van der Waals surface area contributed by atoms with Gasteiger partial charge >= 0.3 is 0 Å². The highest BCUT2D eigenvalue weighted by Gasteiger charge is 2.16. The third kappa shape index (κ3) is 3.46. The van der Waals surface area contributed by atoms with Gasteiger partial charge in [-0.2, -0.15) is 0 Å². The first-order valence-electron chi connectivity index (χ1n) is 7.44. The predicted octanol–water partition coefficient (Wildman–Crippen LogP) is 3.97. The van der Waals surface area contributed by atoms with E-state index in [0.717, 1.165) is 11.1 Å². The van der Waals surface area contributed by atoms with Crippen molar-refractivity contribution >= 4 is 17.5 Å². The first kappa shape index (κ1) is 16.2. The fourth-order valence-electron chi connectivity index (χ4n) is 2.24. The van der Waals surface area contributed by atoms with Gasteiger partial charge in [0.1, 0.15) is 0 Å². The predicted molar refractivity (Wildman–Crippen MR) is 91.7 cm³/mol. The van der Waals surface area contributed by atoms with E-state index in [1.54, 1.807) is 19.2 Å². The standard InChI is InChI=1S/C18H16ClN3O2/c1-12-8-9-14(10-15(12)19)18(23)22(2)11-16-20-21-17(24-16)13-6-4-3-5-7-13/h3-10H,11H2,1-2H3. The van der Waals surface area contributed by atoms with Gasteiger partial charge in [-0.3, -0.25) is 4.79 Å².